The van der Waals surface area contributed by atoms with Crippen LogP contribution in [0.2, 0.25) is 11.6 Å². The Balaban J connectivity index is 0.000000176. The normalized spacial score (nSPS) is 23.2. The van der Waals surface area contributed by atoms with Gasteiger partial charge in [-0.3, -0.25) is 9.59 Å². The molecule has 4 atom stereocenters. The summed E-state index contributed by atoms with van der Waals surface area (Å²) in [6.07, 6.45) is 7.09. The number of likely N-dealkylation sites (tertiary alicyclic amines) is 2. The molecule has 2 aliphatic carbocycles. The molecule has 6 heterocycles. The Morgan fingerprint density at radius 3 is 1.38 bits per heavy atom. The summed E-state index contributed by atoms with van der Waals surface area (Å²) in [4.78, 5) is 65.0. The summed E-state index contributed by atoms with van der Waals surface area (Å²) >= 11 is 0. The van der Waals surface area contributed by atoms with Crippen molar-refractivity contribution >= 4 is 37.3 Å². The predicted molar refractivity (Wildman–Crippen MR) is 197 cm³/mol. The second-order valence-electron chi connectivity index (χ2n) is 15.6. The molecule has 6 aliphatic rings. The van der Waals surface area contributed by atoms with Gasteiger partial charge in [0, 0.05) is 12.4 Å². The van der Waals surface area contributed by atoms with Gasteiger partial charge < -0.3 is 68.9 Å². The van der Waals surface area contributed by atoms with Gasteiger partial charge in [0.15, 0.2) is 0 Å². The molecule has 2 aromatic carbocycles. The van der Waals surface area contributed by atoms with Crippen LogP contribution in [0.4, 0.5) is 0 Å². The quantitative estimate of drug-likeness (QED) is 0.0690. The number of hydrogen-bond donors (Lipinski definition) is 8. The number of aromatic nitrogens is 4. The van der Waals surface area contributed by atoms with E-state index in [9.17, 15) is 49.5 Å². The summed E-state index contributed by atoms with van der Waals surface area (Å²) in [6, 6.07) is 6.58. The van der Waals surface area contributed by atoms with Gasteiger partial charge in [-0.15, -0.1) is 0 Å². The van der Waals surface area contributed by atoms with Crippen LogP contribution in [0.15, 0.2) is 49.3 Å². The van der Waals surface area contributed by atoms with Gasteiger partial charge in [0.25, 0.3) is 0 Å². The molecule has 4 aromatic rings. The number of amides is 2. The average Bonchev–Trinajstić information content (AvgIpc) is 4.00. The van der Waals surface area contributed by atoms with Crippen molar-refractivity contribution in [3.05, 3.63) is 83.0 Å². The number of rotatable bonds is 10. The molecule has 2 amide bonds. The summed E-state index contributed by atoms with van der Waals surface area (Å²) in [7, 11) is 0. The third-order valence-corrected chi connectivity index (χ3v) is 11.7. The van der Waals surface area contributed by atoms with E-state index < -0.39 is 37.1 Å². The van der Waals surface area contributed by atoms with Gasteiger partial charge in [0.2, 0.25) is 11.8 Å². The molecular formula is C36H38B2N6Na2O14. The van der Waals surface area contributed by atoms with Gasteiger partial charge >= 0.3 is 84.6 Å². The molecule has 8 N–H and O–H groups in total. The number of H-pyrrole nitrogens is 2. The van der Waals surface area contributed by atoms with Crippen LogP contribution in [0.25, 0.3) is 0 Å². The minimum atomic E-state index is -3.08. The smallest absolute Gasteiger partial charge is 0.669 e. The van der Waals surface area contributed by atoms with Gasteiger partial charge in [-0.2, -0.15) is 0 Å². The van der Waals surface area contributed by atoms with E-state index >= 15 is 0 Å². The van der Waals surface area contributed by atoms with E-state index in [1.165, 1.54) is 12.7 Å². The number of nitrogens with zero attached hydrogens (tertiary/aromatic N) is 4. The molecule has 304 valence electrons. The topological polar surface area (TPSA) is 290 Å². The van der Waals surface area contributed by atoms with Crippen molar-refractivity contribution in [2.75, 3.05) is 26.2 Å². The largest absolute Gasteiger partial charge is 1.00 e. The van der Waals surface area contributed by atoms with Crippen LogP contribution in [0.1, 0.15) is 67.9 Å². The molecule has 10 rings (SSSR count). The van der Waals surface area contributed by atoms with Gasteiger partial charge in [0.1, 0.15) is 34.8 Å². The minimum absolute atomic E-state index is 0. The van der Waals surface area contributed by atoms with Crippen LogP contribution in [0.3, 0.4) is 0 Å². The molecule has 0 spiro atoms. The molecule has 24 heteroatoms. The maximum Gasteiger partial charge on any atom is 1.00 e. The monoisotopic (exact) mass is 846 g/mol. The van der Waals surface area contributed by atoms with Crippen LogP contribution in [-0.2, 0) is 22.4 Å². The second kappa shape index (κ2) is 16.6. The summed E-state index contributed by atoms with van der Waals surface area (Å²) in [6.45, 7) is -4.84. The van der Waals surface area contributed by atoms with E-state index in [2.05, 4.69) is 19.9 Å². The number of carboxylic acid groups (broad SMARTS) is 2. The molecular weight excluding hydrogens is 808 g/mol. The number of hydrogen-bond acceptors (Lipinski definition) is 14. The molecule has 0 radical (unpaired) electrons. The predicted octanol–water partition coefficient (Wildman–Crippen LogP) is -5.76. The van der Waals surface area contributed by atoms with E-state index in [0.717, 1.165) is 0 Å². The molecule has 0 bridgehead atoms. The Bertz CT molecular complexity index is 2150. The molecule has 2 aromatic heterocycles. The van der Waals surface area contributed by atoms with Crippen molar-refractivity contribution < 1.29 is 127 Å². The number of carbonyl (C=O) groups excluding carboxylic acids is 2. The van der Waals surface area contributed by atoms with Gasteiger partial charge in [-0.1, -0.05) is 36.6 Å². The first-order valence-electron chi connectivity index (χ1n) is 18.9. The molecule has 60 heavy (non-hydrogen) atoms. The number of fused-ring (bicyclic) bond motifs is 6. The number of aromatic carboxylic acids is 2. The number of carbonyl (C=O) groups is 4. The van der Waals surface area contributed by atoms with Crippen LogP contribution >= 0.6 is 0 Å². The number of aromatic amines is 2. The van der Waals surface area contributed by atoms with Gasteiger partial charge in [-0.25, -0.2) is 19.6 Å². The van der Waals surface area contributed by atoms with E-state index in [0.29, 0.717) is 61.5 Å². The number of benzene rings is 2. The first kappa shape index (κ1) is 44.0. The van der Waals surface area contributed by atoms with E-state index in [1.54, 1.807) is 46.5 Å². The zero-order valence-corrected chi connectivity index (χ0v) is 36.6. The second-order valence-corrected chi connectivity index (χ2v) is 15.6. The molecule has 2 saturated heterocycles. The third kappa shape index (κ3) is 8.42. The van der Waals surface area contributed by atoms with Crippen molar-refractivity contribution in [2.45, 2.75) is 61.4 Å². The maximum atomic E-state index is 12.2. The summed E-state index contributed by atoms with van der Waals surface area (Å²) in [5.41, 5.74) is 2.17. The fourth-order valence-corrected chi connectivity index (χ4v) is 8.33. The Morgan fingerprint density at radius 1 is 0.667 bits per heavy atom. The third-order valence-electron chi connectivity index (χ3n) is 11.7. The summed E-state index contributed by atoms with van der Waals surface area (Å²) in [5.74, 6) is -3.62. The Kier molecular flexibility index (Phi) is 12.2. The SMILES string of the molecule is O=C(O)c1c(OC2CN(C(=O)Cc3c[nH]cn3)C2)ccc2c1O[B-](O)(O)C1CC21.O=C(O)c1c(OC2CN(C(=O)Cc3c[nH]cn3)C2)ccc2c1O[B-](O)(O)C1CC21.[Na+].[Na+]. The fourth-order valence-electron chi connectivity index (χ4n) is 8.33. The van der Waals surface area contributed by atoms with Crippen LogP contribution < -0.4 is 77.9 Å². The zero-order chi connectivity index (χ0) is 40.7. The van der Waals surface area contributed by atoms with Gasteiger partial charge in [-0.05, 0) is 35.1 Å². The minimum Gasteiger partial charge on any atom is -0.669 e. The number of imidazole rings is 2. The van der Waals surface area contributed by atoms with Crippen LogP contribution in [-0.4, -0.2) is 136 Å². The van der Waals surface area contributed by atoms with Crippen molar-refractivity contribution in [1.29, 1.82) is 0 Å². The molecule has 4 fully saturated rings. The maximum absolute atomic E-state index is 12.2. The van der Waals surface area contributed by atoms with Gasteiger partial charge in [0.05, 0.1) is 74.6 Å². The van der Waals surface area contributed by atoms with Crippen molar-refractivity contribution in [2.24, 2.45) is 0 Å². The first-order chi connectivity index (χ1) is 27.7. The average molecular weight is 846 g/mol. The summed E-state index contributed by atoms with van der Waals surface area (Å²) in [5, 5.41) is 59.7. The fraction of sp³-hybridized carbons (Fsp3) is 0.389. The standard InChI is InChI=1S/2C18H19BN3O7.2Na/c2*23-15(3-9-5-20-8-21-9)22-6-10(7-22)28-14-2-1-11-12-4-13(12)19(26,27)29-17(11)16(14)18(24)25;;/h2*1-2,5,8,10,12-13,26-27H,3-4,6-7H2,(H,20,21)(H,24,25);;/q2*-1;2*+1. The Labute approximate surface area is 385 Å². The first-order valence-corrected chi connectivity index (χ1v) is 18.9. The van der Waals surface area contributed by atoms with E-state index in [-0.39, 0.29) is 142 Å². The Hall–Kier alpha value is -4.09. The van der Waals surface area contributed by atoms with Crippen molar-refractivity contribution in [3.63, 3.8) is 0 Å². The van der Waals surface area contributed by atoms with Crippen molar-refractivity contribution in [3.8, 4) is 23.0 Å². The van der Waals surface area contributed by atoms with Crippen molar-refractivity contribution in [1.82, 2.24) is 29.7 Å². The molecule has 2 saturated carbocycles. The number of carboxylic acids is 2. The number of ether oxygens (including phenoxy) is 2. The van der Waals surface area contributed by atoms with Crippen LogP contribution in [0, 0.1) is 0 Å². The molecule has 20 nitrogen and oxygen atoms in total. The van der Waals surface area contributed by atoms with E-state index in [1.807, 2.05) is 0 Å². The summed E-state index contributed by atoms with van der Waals surface area (Å²) < 4.78 is 22.2. The Morgan fingerprint density at radius 2 is 1.05 bits per heavy atom. The molecule has 4 aliphatic heterocycles. The molecule has 4 unspecified atom stereocenters. The van der Waals surface area contributed by atoms with E-state index in [4.69, 9.17) is 18.8 Å². The van der Waals surface area contributed by atoms with Crippen LogP contribution in [0.5, 0.6) is 23.0 Å². The zero-order valence-electron chi connectivity index (χ0n) is 32.6. The number of nitrogens with one attached hydrogen (secondary N) is 2.